The normalized spacial score (nSPS) is 10.5. The SMILES string of the molecule is NC(=S)c1cn[nH]c1NC(=O)c1ccc2ccccc2c1. The second-order valence-corrected chi connectivity index (χ2v) is 4.98. The number of carbonyl (C=O) groups excluding carboxylic acids is 1. The van der Waals surface area contributed by atoms with Crippen molar-refractivity contribution in [2.75, 3.05) is 5.32 Å². The number of thiocarbonyl (C=S) groups is 1. The molecular weight excluding hydrogens is 284 g/mol. The van der Waals surface area contributed by atoms with E-state index in [0.717, 1.165) is 10.8 Å². The number of hydrogen-bond acceptors (Lipinski definition) is 3. The summed E-state index contributed by atoms with van der Waals surface area (Å²) in [5, 5.41) is 11.3. The molecular formula is C15H12N4OS. The van der Waals surface area contributed by atoms with Gasteiger partial charge in [0.2, 0.25) is 0 Å². The van der Waals surface area contributed by atoms with Gasteiger partial charge in [0.25, 0.3) is 5.91 Å². The molecule has 21 heavy (non-hydrogen) atoms. The van der Waals surface area contributed by atoms with Crippen molar-refractivity contribution in [1.29, 1.82) is 0 Å². The first-order chi connectivity index (χ1) is 10.1. The standard InChI is InChI=1S/C15H12N4OS/c16-13(21)12-8-17-19-14(12)18-15(20)11-6-5-9-3-1-2-4-10(9)7-11/h1-8H,(H2,16,21)(H2,17,18,19,20). The molecule has 0 aliphatic carbocycles. The first-order valence-electron chi connectivity index (χ1n) is 6.28. The molecule has 0 spiro atoms. The van der Waals surface area contributed by atoms with Crippen molar-refractivity contribution >= 4 is 39.7 Å². The fourth-order valence-electron chi connectivity index (χ4n) is 2.08. The van der Waals surface area contributed by atoms with Gasteiger partial charge in [-0.2, -0.15) is 5.10 Å². The lowest BCUT2D eigenvalue weighted by Crippen LogP contribution is -2.16. The van der Waals surface area contributed by atoms with Gasteiger partial charge in [0.15, 0.2) is 0 Å². The minimum Gasteiger partial charge on any atom is -0.389 e. The fourth-order valence-corrected chi connectivity index (χ4v) is 2.24. The predicted octanol–water partition coefficient (Wildman–Crippen LogP) is 2.45. The molecule has 1 amide bonds. The van der Waals surface area contributed by atoms with E-state index in [1.54, 1.807) is 6.07 Å². The number of anilines is 1. The Labute approximate surface area is 126 Å². The van der Waals surface area contributed by atoms with E-state index in [9.17, 15) is 4.79 Å². The second kappa shape index (κ2) is 5.34. The van der Waals surface area contributed by atoms with Crippen molar-refractivity contribution in [3.05, 3.63) is 59.8 Å². The summed E-state index contributed by atoms with van der Waals surface area (Å²) in [6.07, 6.45) is 1.48. The molecule has 0 bridgehead atoms. The molecule has 0 saturated carbocycles. The minimum atomic E-state index is -0.248. The number of H-pyrrole nitrogens is 1. The van der Waals surface area contributed by atoms with E-state index in [-0.39, 0.29) is 10.9 Å². The summed E-state index contributed by atoms with van der Waals surface area (Å²) in [6, 6.07) is 13.4. The Kier molecular flexibility index (Phi) is 3.37. The highest BCUT2D eigenvalue weighted by Gasteiger charge is 2.12. The van der Waals surface area contributed by atoms with Crippen molar-refractivity contribution in [2.45, 2.75) is 0 Å². The molecule has 1 aromatic heterocycles. The van der Waals surface area contributed by atoms with Gasteiger partial charge in [0, 0.05) is 5.56 Å². The number of aromatic amines is 1. The summed E-state index contributed by atoms with van der Waals surface area (Å²) < 4.78 is 0. The summed E-state index contributed by atoms with van der Waals surface area (Å²) >= 11 is 4.90. The maximum atomic E-state index is 12.3. The second-order valence-electron chi connectivity index (χ2n) is 4.54. The van der Waals surface area contributed by atoms with Crippen LogP contribution in [-0.2, 0) is 0 Å². The lowest BCUT2D eigenvalue weighted by atomic mass is 10.1. The number of amides is 1. The zero-order valence-electron chi connectivity index (χ0n) is 11.0. The molecule has 4 N–H and O–H groups in total. The molecule has 1 heterocycles. The molecule has 0 aliphatic rings. The number of rotatable bonds is 3. The Morgan fingerprint density at radius 2 is 1.95 bits per heavy atom. The van der Waals surface area contributed by atoms with Gasteiger partial charge < -0.3 is 11.1 Å². The van der Waals surface area contributed by atoms with Gasteiger partial charge in [-0.25, -0.2) is 0 Å². The molecule has 2 aromatic carbocycles. The quantitative estimate of drug-likeness (QED) is 0.648. The van der Waals surface area contributed by atoms with Crippen LogP contribution in [0.3, 0.4) is 0 Å². The van der Waals surface area contributed by atoms with E-state index in [4.69, 9.17) is 18.0 Å². The average Bonchev–Trinajstić information content (AvgIpc) is 2.95. The summed E-state index contributed by atoms with van der Waals surface area (Å²) in [6.45, 7) is 0. The van der Waals surface area contributed by atoms with Gasteiger partial charge in [-0.05, 0) is 22.9 Å². The first kappa shape index (κ1) is 13.3. The van der Waals surface area contributed by atoms with Crippen LogP contribution >= 0.6 is 12.2 Å². The van der Waals surface area contributed by atoms with Crippen LogP contribution in [-0.4, -0.2) is 21.1 Å². The third-order valence-corrected chi connectivity index (χ3v) is 3.37. The number of benzene rings is 2. The minimum absolute atomic E-state index is 0.178. The third-order valence-electron chi connectivity index (χ3n) is 3.15. The summed E-state index contributed by atoms with van der Waals surface area (Å²) in [5.41, 5.74) is 6.63. The zero-order valence-corrected chi connectivity index (χ0v) is 11.8. The van der Waals surface area contributed by atoms with Gasteiger partial charge >= 0.3 is 0 Å². The predicted molar refractivity (Wildman–Crippen MR) is 86.4 cm³/mol. The molecule has 0 atom stereocenters. The van der Waals surface area contributed by atoms with Gasteiger partial charge in [-0.3, -0.25) is 9.89 Å². The number of nitrogens with zero attached hydrogens (tertiary/aromatic N) is 1. The summed E-state index contributed by atoms with van der Waals surface area (Å²) in [5.74, 6) is 0.156. The fraction of sp³-hybridized carbons (Fsp3) is 0. The van der Waals surface area contributed by atoms with Gasteiger partial charge in [0.1, 0.15) is 10.8 Å². The van der Waals surface area contributed by atoms with E-state index < -0.39 is 0 Å². The highest BCUT2D eigenvalue weighted by Crippen LogP contribution is 2.17. The van der Waals surface area contributed by atoms with Crippen molar-refractivity contribution in [1.82, 2.24) is 10.2 Å². The van der Waals surface area contributed by atoms with Crippen molar-refractivity contribution < 1.29 is 4.79 Å². The number of aromatic nitrogens is 2. The zero-order chi connectivity index (χ0) is 14.8. The highest BCUT2D eigenvalue weighted by molar-refractivity contribution is 7.80. The third kappa shape index (κ3) is 2.61. The molecule has 104 valence electrons. The van der Waals surface area contributed by atoms with Crippen molar-refractivity contribution in [3.63, 3.8) is 0 Å². The summed E-state index contributed by atoms with van der Waals surface area (Å²) in [4.78, 5) is 12.5. The number of nitrogens with two attached hydrogens (primary N) is 1. The molecule has 3 aromatic rings. The lowest BCUT2D eigenvalue weighted by molar-refractivity contribution is 0.102. The monoisotopic (exact) mass is 296 g/mol. The van der Waals surface area contributed by atoms with E-state index in [1.807, 2.05) is 36.4 Å². The Hall–Kier alpha value is -2.73. The Bertz CT molecular complexity index is 840. The Morgan fingerprint density at radius 1 is 1.19 bits per heavy atom. The summed E-state index contributed by atoms with van der Waals surface area (Å²) in [7, 11) is 0. The Morgan fingerprint density at radius 3 is 2.71 bits per heavy atom. The van der Waals surface area contributed by atoms with Crippen LogP contribution in [0.15, 0.2) is 48.7 Å². The molecule has 3 rings (SSSR count). The average molecular weight is 296 g/mol. The number of fused-ring (bicyclic) bond motifs is 1. The molecule has 0 unspecified atom stereocenters. The van der Waals surface area contributed by atoms with E-state index in [0.29, 0.717) is 16.9 Å². The highest BCUT2D eigenvalue weighted by atomic mass is 32.1. The molecule has 0 aliphatic heterocycles. The van der Waals surface area contributed by atoms with Gasteiger partial charge in [-0.1, -0.05) is 42.5 Å². The Balaban J connectivity index is 1.90. The maximum Gasteiger partial charge on any atom is 0.256 e. The van der Waals surface area contributed by atoms with Gasteiger partial charge in [-0.15, -0.1) is 0 Å². The van der Waals surface area contributed by atoms with E-state index in [2.05, 4.69) is 15.5 Å². The largest absolute Gasteiger partial charge is 0.389 e. The van der Waals surface area contributed by atoms with Crippen LogP contribution < -0.4 is 11.1 Å². The first-order valence-corrected chi connectivity index (χ1v) is 6.69. The maximum absolute atomic E-state index is 12.3. The molecule has 6 heteroatoms. The van der Waals surface area contributed by atoms with Crippen LogP contribution in [0.5, 0.6) is 0 Å². The van der Waals surface area contributed by atoms with E-state index in [1.165, 1.54) is 6.20 Å². The number of nitrogens with one attached hydrogen (secondary N) is 2. The van der Waals surface area contributed by atoms with E-state index >= 15 is 0 Å². The molecule has 0 fully saturated rings. The topological polar surface area (TPSA) is 83.8 Å². The smallest absolute Gasteiger partial charge is 0.256 e. The van der Waals surface area contributed by atoms with Gasteiger partial charge in [0.05, 0.1) is 11.8 Å². The number of hydrogen-bond donors (Lipinski definition) is 3. The van der Waals surface area contributed by atoms with Crippen LogP contribution in [0.25, 0.3) is 10.8 Å². The van der Waals surface area contributed by atoms with Crippen LogP contribution in [0.1, 0.15) is 15.9 Å². The molecule has 0 saturated heterocycles. The molecule has 0 radical (unpaired) electrons. The molecule has 5 nitrogen and oxygen atoms in total. The van der Waals surface area contributed by atoms with Crippen molar-refractivity contribution in [2.24, 2.45) is 5.73 Å². The number of carbonyl (C=O) groups is 1. The van der Waals surface area contributed by atoms with Crippen LogP contribution in [0.2, 0.25) is 0 Å². The van der Waals surface area contributed by atoms with Crippen LogP contribution in [0, 0.1) is 0 Å². The van der Waals surface area contributed by atoms with Crippen LogP contribution in [0.4, 0.5) is 5.82 Å². The van der Waals surface area contributed by atoms with Crippen molar-refractivity contribution in [3.8, 4) is 0 Å². The lowest BCUT2D eigenvalue weighted by Gasteiger charge is -2.06.